The molecule has 0 radical (unpaired) electrons. The van der Waals surface area contributed by atoms with Crippen LogP contribution in [0.25, 0.3) is 0 Å². The summed E-state index contributed by atoms with van der Waals surface area (Å²) in [6.07, 6.45) is 2.54. The smallest absolute Gasteiger partial charge is 0.265 e. The maximum absolute atomic E-state index is 11.8. The number of hydrogen-bond donors (Lipinski definition) is 1. The molecule has 0 saturated heterocycles. The first-order valence-corrected chi connectivity index (χ1v) is 7.83. The lowest BCUT2D eigenvalue weighted by atomic mass is 10.1. The predicted molar refractivity (Wildman–Crippen MR) is 94.5 cm³/mol. The molecule has 4 nitrogen and oxygen atoms in total. The van der Waals surface area contributed by atoms with Gasteiger partial charge >= 0.3 is 0 Å². The summed E-state index contributed by atoms with van der Waals surface area (Å²) in [6.45, 7) is 1.88. The molecule has 0 saturated carbocycles. The molecule has 0 aliphatic heterocycles. The molecule has 0 aliphatic rings. The van der Waals surface area contributed by atoms with Crippen molar-refractivity contribution in [1.29, 1.82) is 0 Å². The van der Waals surface area contributed by atoms with Gasteiger partial charge < -0.3 is 10.2 Å². The number of benzene rings is 2. The van der Waals surface area contributed by atoms with Gasteiger partial charge in [0, 0.05) is 5.02 Å². The number of oxime groups is 1. The van der Waals surface area contributed by atoms with E-state index >= 15 is 0 Å². The molecular formula is C17H16Cl2N2O2. The summed E-state index contributed by atoms with van der Waals surface area (Å²) >= 11 is 11.8. The molecule has 6 heteroatoms. The van der Waals surface area contributed by atoms with E-state index in [-0.39, 0.29) is 12.5 Å². The van der Waals surface area contributed by atoms with Crippen LogP contribution in [0.1, 0.15) is 18.1 Å². The van der Waals surface area contributed by atoms with E-state index in [2.05, 4.69) is 17.4 Å². The quantitative estimate of drug-likeness (QED) is 0.613. The SMILES string of the molecule is CCc1ccc(/C=N\OCC(=O)Nc2cc(Cl)ccc2Cl)cc1. The number of nitrogens with one attached hydrogen (secondary N) is 1. The molecule has 2 aromatic carbocycles. The van der Waals surface area contributed by atoms with Gasteiger partial charge in [0.15, 0.2) is 6.61 Å². The van der Waals surface area contributed by atoms with Crippen LogP contribution in [0, 0.1) is 0 Å². The normalized spacial score (nSPS) is 10.7. The molecule has 0 fully saturated rings. The summed E-state index contributed by atoms with van der Waals surface area (Å²) in [4.78, 5) is 16.7. The minimum absolute atomic E-state index is 0.216. The van der Waals surface area contributed by atoms with Crippen molar-refractivity contribution in [2.75, 3.05) is 11.9 Å². The zero-order chi connectivity index (χ0) is 16.7. The molecule has 2 rings (SSSR count). The van der Waals surface area contributed by atoms with Crippen LogP contribution in [0.5, 0.6) is 0 Å². The highest BCUT2D eigenvalue weighted by Crippen LogP contribution is 2.25. The molecule has 120 valence electrons. The van der Waals surface area contributed by atoms with Crippen LogP contribution in [0.15, 0.2) is 47.6 Å². The van der Waals surface area contributed by atoms with Crippen LogP contribution in [0.3, 0.4) is 0 Å². The Labute approximate surface area is 145 Å². The third kappa shape index (κ3) is 5.58. The summed E-state index contributed by atoms with van der Waals surface area (Å²) in [5.74, 6) is -0.368. The molecule has 0 spiro atoms. The van der Waals surface area contributed by atoms with Crippen molar-refractivity contribution in [2.24, 2.45) is 5.16 Å². The van der Waals surface area contributed by atoms with Gasteiger partial charge in [-0.2, -0.15) is 0 Å². The first-order valence-electron chi connectivity index (χ1n) is 7.07. The van der Waals surface area contributed by atoms with E-state index in [1.54, 1.807) is 24.4 Å². The van der Waals surface area contributed by atoms with Crippen LogP contribution < -0.4 is 5.32 Å². The molecule has 0 bridgehead atoms. The zero-order valence-corrected chi connectivity index (χ0v) is 14.1. The van der Waals surface area contributed by atoms with Gasteiger partial charge in [-0.3, -0.25) is 4.79 Å². The summed E-state index contributed by atoms with van der Waals surface area (Å²) in [6, 6.07) is 12.8. The zero-order valence-electron chi connectivity index (χ0n) is 12.6. The van der Waals surface area contributed by atoms with Crippen molar-refractivity contribution in [2.45, 2.75) is 13.3 Å². The van der Waals surface area contributed by atoms with E-state index in [9.17, 15) is 4.79 Å². The van der Waals surface area contributed by atoms with Gasteiger partial charge in [0.2, 0.25) is 0 Å². The Balaban J connectivity index is 1.82. The topological polar surface area (TPSA) is 50.7 Å². The second kappa shape index (κ2) is 8.56. The fourth-order valence-corrected chi connectivity index (χ4v) is 2.15. The highest BCUT2D eigenvalue weighted by Gasteiger charge is 2.06. The number of hydrogen-bond acceptors (Lipinski definition) is 3. The van der Waals surface area contributed by atoms with Crippen molar-refractivity contribution in [3.05, 3.63) is 63.6 Å². The first kappa shape index (κ1) is 17.3. The number of aryl methyl sites for hydroxylation is 1. The number of amides is 1. The van der Waals surface area contributed by atoms with Crippen LogP contribution in [-0.2, 0) is 16.1 Å². The Morgan fingerprint density at radius 1 is 1.22 bits per heavy atom. The summed E-state index contributed by atoms with van der Waals surface area (Å²) in [5.41, 5.74) is 2.59. The number of carbonyl (C=O) groups excluding carboxylic acids is 1. The first-order chi connectivity index (χ1) is 11.1. The Morgan fingerprint density at radius 2 is 1.96 bits per heavy atom. The molecule has 23 heavy (non-hydrogen) atoms. The van der Waals surface area contributed by atoms with Gasteiger partial charge in [0.05, 0.1) is 16.9 Å². The molecule has 0 heterocycles. The van der Waals surface area contributed by atoms with Crippen LogP contribution in [-0.4, -0.2) is 18.7 Å². The largest absolute Gasteiger partial charge is 0.386 e. The molecule has 2 aromatic rings. The Morgan fingerprint density at radius 3 is 2.65 bits per heavy atom. The number of nitrogens with zero attached hydrogens (tertiary/aromatic N) is 1. The lowest BCUT2D eigenvalue weighted by Gasteiger charge is -2.06. The lowest BCUT2D eigenvalue weighted by Crippen LogP contribution is -2.17. The van der Waals surface area contributed by atoms with Crippen molar-refractivity contribution in [1.82, 2.24) is 0 Å². The fourth-order valence-electron chi connectivity index (χ4n) is 1.81. The Hall–Kier alpha value is -2.04. The highest BCUT2D eigenvalue weighted by molar-refractivity contribution is 6.35. The second-order valence-corrected chi connectivity index (χ2v) is 5.62. The molecule has 0 unspecified atom stereocenters. The molecule has 1 amide bonds. The summed E-state index contributed by atoms with van der Waals surface area (Å²) in [5, 5.41) is 7.27. The molecule has 0 aromatic heterocycles. The van der Waals surface area contributed by atoms with Crippen LogP contribution in [0.4, 0.5) is 5.69 Å². The van der Waals surface area contributed by atoms with Gasteiger partial charge in [0.1, 0.15) is 0 Å². The average Bonchev–Trinajstić information content (AvgIpc) is 2.55. The van der Waals surface area contributed by atoms with Gasteiger partial charge in [-0.15, -0.1) is 0 Å². The lowest BCUT2D eigenvalue weighted by molar-refractivity contribution is -0.120. The average molecular weight is 351 g/mol. The van der Waals surface area contributed by atoms with Crippen molar-refractivity contribution < 1.29 is 9.63 Å². The van der Waals surface area contributed by atoms with Crippen molar-refractivity contribution in [3.63, 3.8) is 0 Å². The van der Waals surface area contributed by atoms with Gasteiger partial charge in [-0.1, -0.05) is 59.5 Å². The Kier molecular flexibility index (Phi) is 6.44. The number of rotatable bonds is 6. The fraction of sp³-hybridized carbons (Fsp3) is 0.176. The van der Waals surface area contributed by atoms with Crippen molar-refractivity contribution in [3.8, 4) is 0 Å². The molecule has 1 N–H and O–H groups in total. The van der Waals surface area contributed by atoms with Crippen molar-refractivity contribution >= 4 is 41.0 Å². The van der Waals surface area contributed by atoms with E-state index in [1.165, 1.54) is 5.56 Å². The number of carbonyl (C=O) groups is 1. The molecular weight excluding hydrogens is 335 g/mol. The standard InChI is InChI=1S/C17H16Cl2N2O2/c1-2-12-3-5-13(6-4-12)10-20-23-11-17(22)21-16-9-14(18)7-8-15(16)19/h3-10H,2,11H2,1H3,(H,21,22)/b20-10-. The van der Waals surface area contributed by atoms with E-state index in [0.29, 0.717) is 15.7 Å². The molecule has 0 atom stereocenters. The number of anilines is 1. The predicted octanol–water partition coefficient (Wildman–Crippen LogP) is 4.55. The Bertz CT molecular complexity index is 700. The molecule has 0 aliphatic carbocycles. The summed E-state index contributed by atoms with van der Waals surface area (Å²) < 4.78 is 0. The van der Waals surface area contributed by atoms with E-state index in [0.717, 1.165) is 12.0 Å². The van der Waals surface area contributed by atoms with Crippen LogP contribution >= 0.6 is 23.2 Å². The van der Waals surface area contributed by atoms with E-state index < -0.39 is 0 Å². The maximum Gasteiger partial charge on any atom is 0.265 e. The van der Waals surface area contributed by atoms with Crippen LogP contribution in [0.2, 0.25) is 10.0 Å². The monoisotopic (exact) mass is 350 g/mol. The minimum atomic E-state index is -0.368. The maximum atomic E-state index is 11.8. The van der Waals surface area contributed by atoms with Gasteiger partial charge in [0.25, 0.3) is 5.91 Å². The number of halogens is 2. The van der Waals surface area contributed by atoms with E-state index in [1.807, 2.05) is 24.3 Å². The van der Waals surface area contributed by atoms with Gasteiger partial charge in [-0.25, -0.2) is 0 Å². The third-order valence-corrected chi connectivity index (χ3v) is 3.63. The van der Waals surface area contributed by atoms with E-state index in [4.69, 9.17) is 28.0 Å². The third-order valence-electron chi connectivity index (χ3n) is 3.06. The minimum Gasteiger partial charge on any atom is -0.386 e. The summed E-state index contributed by atoms with van der Waals surface area (Å²) in [7, 11) is 0. The second-order valence-electron chi connectivity index (χ2n) is 4.78. The van der Waals surface area contributed by atoms with Gasteiger partial charge in [-0.05, 0) is 35.7 Å². The highest BCUT2D eigenvalue weighted by atomic mass is 35.5.